The number of nitriles is 1. The molecular formula is C16H24N2O. The quantitative estimate of drug-likeness (QED) is 0.766. The fraction of sp³-hybridized carbons (Fsp3) is 0.562. The number of nitrogens with one attached hydrogen (secondary N) is 1. The molecule has 1 aromatic carbocycles. The van der Waals surface area contributed by atoms with E-state index < -0.39 is 0 Å². The lowest BCUT2D eigenvalue weighted by Gasteiger charge is -2.16. The average Bonchev–Trinajstić information content (AvgIpc) is 2.39. The van der Waals surface area contributed by atoms with E-state index in [9.17, 15) is 0 Å². The predicted octanol–water partition coefficient (Wildman–Crippen LogP) is 3.06. The maximum Gasteiger partial charge on any atom is 0.125 e. The number of nitrogens with zero attached hydrogens (tertiary/aromatic N) is 1. The second-order valence-corrected chi connectivity index (χ2v) is 4.91. The standard InChI is InChI=1S/C16H24N2O/c1-12-11-13(2)15(16(19-4)14(12)3)7-10-18-9-6-5-8-17/h11,18H,5-7,9-10H2,1-4H3. The molecule has 0 aromatic heterocycles. The molecule has 0 amide bonds. The molecule has 0 radical (unpaired) electrons. The molecule has 3 nitrogen and oxygen atoms in total. The van der Waals surface area contributed by atoms with E-state index >= 15 is 0 Å². The largest absolute Gasteiger partial charge is 0.496 e. The zero-order chi connectivity index (χ0) is 14.3. The number of rotatable bonds is 7. The molecule has 0 heterocycles. The summed E-state index contributed by atoms with van der Waals surface area (Å²) in [6, 6.07) is 4.38. The number of methoxy groups -OCH3 is 1. The summed E-state index contributed by atoms with van der Waals surface area (Å²) >= 11 is 0. The van der Waals surface area contributed by atoms with Gasteiger partial charge in [-0.15, -0.1) is 0 Å². The van der Waals surface area contributed by atoms with Crippen molar-refractivity contribution in [1.82, 2.24) is 5.32 Å². The zero-order valence-electron chi connectivity index (χ0n) is 12.5. The smallest absolute Gasteiger partial charge is 0.125 e. The predicted molar refractivity (Wildman–Crippen MR) is 78.6 cm³/mol. The Labute approximate surface area is 116 Å². The maximum absolute atomic E-state index is 8.47. The maximum atomic E-state index is 8.47. The van der Waals surface area contributed by atoms with E-state index in [1.54, 1.807) is 7.11 Å². The molecule has 1 aromatic rings. The van der Waals surface area contributed by atoms with Gasteiger partial charge in [0.25, 0.3) is 0 Å². The van der Waals surface area contributed by atoms with Crippen molar-refractivity contribution in [1.29, 1.82) is 5.26 Å². The number of unbranched alkanes of at least 4 members (excludes halogenated alkanes) is 1. The number of hydrogen-bond acceptors (Lipinski definition) is 3. The zero-order valence-corrected chi connectivity index (χ0v) is 12.5. The Bertz CT molecular complexity index is 461. The van der Waals surface area contributed by atoms with E-state index in [4.69, 9.17) is 10.00 Å². The van der Waals surface area contributed by atoms with Gasteiger partial charge in [0.05, 0.1) is 13.2 Å². The molecule has 3 heteroatoms. The van der Waals surface area contributed by atoms with E-state index in [2.05, 4.69) is 38.2 Å². The summed E-state index contributed by atoms with van der Waals surface area (Å²) < 4.78 is 5.56. The minimum Gasteiger partial charge on any atom is -0.496 e. The van der Waals surface area contributed by atoms with Crippen LogP contribution in [0.5, 0.6) is 5.75 Å². The Hall–Kier alpha value is -1.53. The van der Waals surface area contributed by atoms with Gasteiger partial charge in [-0.2, -0.15) is 5.26 Å². The third kappa shape index (κ3) is 4.25. The second-order valence-electron chi connectivity index (χ2n) is 4.91. The molecule has 0 spiro atoms. The van der Waals surface area contributed by atoms with Gasteiger partial charge in [0, 0.05) is 6.42 Å². The summed E-state index contributed by atoms with van der Waals surface area (Å²) in [6.45, 7) is 8.19. The Morgan fingerprint density at radius 2 is 1.95 bits per heavy atom. The summed E-state index contributed by atoms with van der Waals surface area (Å²) in [5.41, 5.74) is 5.09. The Balaban J connectivity index is 2.63. The third-order valence-corrected chi connectivity index (χ3v) is 3.51. The molecule has 0 fully saturated rings. The van der Waals surface area contributed by atoms with Crippen LogP contribution >= 0.6 is 0 Å². The molecule has 0 aliphatic carbocycles. The van der Waals surface area contributed by atoms with Crippen molar-refractivity contribution in [2.24, 2.45) is 0 Å². The first kappa shape index (κ1) is 15.5. The van der Waals surface area contributed by atoms with Crippen molar-refractivity contribution < 1.29 is 4.74 Å². The summed E-state index contributed by atoms with van der Waals surface area (Å²) in [6.07, 6.45) is 2.50. The van der Waals surface area contributed by atoms with Gasteiger partial charge < -0.3 is 10.1 Å². The van der Waals surface area contributed by atoms with Crippen molar-refractivity contribution >= 4 is 0 Å². The molecule has 0 aliphatic rings. The molecule has 0 saturated heterocycles. The van der Waals surface area contributed by atoms with Crippen LogP contribution in [-0.4, -0.2) is 20.2 Å². The summed E-state index contributed by atoms with van der Waals surface area (Å²) in [5, 5.41) is 11.8. The van der Waals surface area contributed by atoms with Crippen LogP contribution in [0.1, 0.15) is 35.1 Å². The van der Waals surface area contributed by atoms with Gasteiger partial charge in [-0.25, -0.2) is 0 Å². The number of benzene rings is 1. The number of hydrogen-bond donors (Lipinski definition) is 1. The normalized spacial score (nSPS) is 10.3. The third-order valence-electron chi connectivity index (χ3n) is 3.51. The van der Waals surface area contributed by atoms with E-state index in [1.807, 2.05) is 0 Å². The highest BCUT2D eigenvalue weighted by Gasteiger charge is 2.11. The van der Waals surface area contributed by atoms with Crippen LogP contribution in [0.2, 0.25) is 0 Å². The van der Waals surface area contributed by atoms with Gasteiger partial charge >= 0.3 is 0 Å². The molecule has 0 atom stereocenters. The summed E-state index contributed by atoms with van der Waals surface area (Å²) in [4.78, 5) is 0. The van der Waals surface area contributed by atoms with Crippen LogP contribution in [0.25, 0.3) is 0 Å². The van der Waals surface area contributed by atoms with Crippen molar-refractivity contribution in [3.05, 3.63) is 28.3 Å². The molecule has 0 bridgehead atoms. The Morgan fingerprint density at radius 3 is 2.58 bits per heavy atom. The number of ether oxygens (including phenoxy) is 1. The lowest BCUT2D eigenvalue weighted by Crippen LogP contribution is -2.19. The van der Waals surface area contributed by atoms with Crippen LogP contribution < -0.4 is 10.1 Å². The minimum atomic E-state index is 0.624. The van der Waals surface area contributed by atoms with Crippen LogP contribution in [0, 0.1) is 32.1 Å². The van der Waals surface area contributed by atoms with Crippen molar-refractivity contribution in [2.75, 3.05) is 20.2 Å². The van der Waals surface area contributed by atoms with Crippen molar-refractivity contribution in [3.8, 4) is 11.8 Å². The topological polar surface area (TPSA) is 45.0 Å². The first-order chi connectivity index (χ1) is 9.11. The molecule has 19 heavy (non-hydrogen) atoms. The van der Waals surface area contributed by atoms with Gasteiger partial charge in [0.15, 0.2) is 0 Å². The minimum absolute atomic E-state index is 0.624. The first-order valence-electron chi connectivity index (χ1n) is 6.83. The van der Waals surface area contributed by atoms with E-state index in [-0.39, 0.29) is 0 Å². The average molecular weight is 260 g/mol. The lowest BCUT2D eigenvalue weighted by molar-refractivity contribution is 0.405. The van der Waals surface area contributed by atoms with E-state index in [0.29, 0.717) is 6.42 Å². The van der Waals surface area contributed by atoms with Gasteiger partial charge in [-0.3, -0.25) is 0 Å². The highest BCUT2D eigenvalue weighted by molar-refractivity contribution is 5.49. The highest BCUT2D eigenvalue weighted by Crippen LogP contribution is 2.29. The summed E-state index contributed by atoms with van der Waals surface area (Å²) in [5.74, 6) is 1.02. The van der Waals surface area contributed by atoms with Crippen LogP contribution in [0.3, 0.4) is 0 Å². The molecule has 104 valence electrons. The van der Waals surface area contributed by atoms with Gasteiger partial charge in [0.2, 0.25) is 0 Å². The molecule has 1 N–H and O–H groups in total. The molecule has 0 saturated carbocycles. The second kappa shape index (κ2) is 7.81. The van der Waals surface area contributed by atoms with E-state index in [0.717, 1.165) is 31.7 Å². The fourth-order valence-electron chi connectivity index (χ4n) is 2.32. The summed E-state index contributed by atoms with van der Waals surface area (Å²) in [7, 11) is 1.74. The molecule has 0 unspecified atom stereocenters. The Kier molecular flexibility index (Phi) is 6.38. The molecular weight excluding hydrogens is 236 g/mol. The monoisotopic (exact) mass is 260 g/mol. The SMILES string of the molecule is COc1c(C)c(C)cc(C)c1CCNCCCC#N. The Morgan fingerprint density at radius 1 is 1.21 bits per heavy atom. The van der Waals surface area contributed by atoms with Crippen LogP contribution in [0.15, 0.2) is 6.07 Å². The van der Waals surface area contributed by atoms with Crippen molar-refractivity contribution in [3.63, 3.8) is 0 Å². The number of aryl methyl sites for hydroxylation is 2. The molecule has 1 rings (SSSR count). The van der Waals surface area contributed by atoms with Gasteiger partial charge in [-0.05, 0) is 69.0 Å². The first-order valence-corrected chi connectivity index (χ1v) is 6.83. The fourth-order valence-corrected chi connectivity index (χ4v) is 2.32. The van der Waals surface area contributed by atoms with Gasteiger partial charge in [0.1, 0.15) is 5.75 Å². The van der Waals surface area contributed by atoms with Crippen molar-refractivity contribution in [2.45, 2.75) is 40.0 Å². The van der Waals surface area contributed by atoms with Crippen LogP contribution in [0.4, 0.5) is 0 Å². The molecule has 0 aliphatic heterocycles. The van der Waals surface area contributed by atoms with Gasteiger partial charge in [-0.1, -0.05) is 6.07 Å². The van der Waals surface area contributed by atoms with Crippen LogP contribution in [-0.2, 0) is 6.42 Å². The van der Waals surface area contributed by atoms with E-state index in [1.165, 1.54) is 22.3 Å². The lowest BCUT2D eigenvalue weighted by atomic mass is 9.97. The highest BCUT2D eigenvalue weighted by atomic mass is 16.5.